The highest BCUT2D eigenvalue weighted by Crippen LogP contribution is 2.15. The molecule has 0 unspecified atom stereocenters. The van der Waals surface area contributed by atoms with E-state index in [0.717, 1.165) is 5.56 Å². The molecule has 1 aliphatic rings. The predicted octanol–water partition coefficient (Wildman–Crippen LogP) is 0.216. The van der Waals surface area contributed by atoms with Crippen LogP contribution >= 0.6 is 0 Å². The lowest BCUT2D eigenvalue weighted by Gasteiger charge is -2.44. The van der Waals surface area contributed by atoms with Gasteiger partial charge in [0.1, 0.15) is 18.8 Å². The molecule has 1 aliphatic heterocycles. The Hall–Kier alpha value is -2.57. The van der Waals surface area contributed by atoms with Crippen LogP contribution in [0.2, 0.25) is 0 Å². The minimum absolute atomic E-state index is 0.119. The van der Waals surface area contributed by atoms with E-state index >= 15 is 0 Å². The van der Waals surface area contributed by atoms with Crippen molar-refractivity contribution in [2.75, 3.05) is 7.05 Å². The summed E-state index contributed by atoms with van der Waals surface area (Å²) in [5.74, 6) is -0.547. The summed E-state index contributed by atoms with van der Waals surface area (Å²) < 4.78 is 5.04. The Morgan fingerprint density at radius 3 is 2.52 bits per heavy atom. The largest absolute Gasteiger partial charge is 0.445 e. The Bertz CT molecular complexity index is 546. The Morgan fingerprint density at radius 1 is 1.24 bits per heavy atom. The van der Waals surface area contributed by atoms with Crippen LogP contribution in [-0.2, 0) is 20.9 Å². The molecule has 0 aromatic heterocycles. The van der Waals surface area contributed by atoms with Crippen molar-refractivity contribution in [3.05, 3.63) is 35.9 Å². The third-order valence-electron chi connectivity index (χ3n) is 3.18. The molecule has 1 heterocycles. The molecule has 1 saturated heterocycles. The summed E-state index contributed by atoms with van der Waals surface area (Å²) in [6.45, 7) is 1.47. The smallest absolute Gasteiger partial charge is 0.408 e. The van der Waals surface area contributed by atoms with Crippen molar-refractivity contribution in [1.29, 1.82) is 0 Å². The highest BCUT2D eigenvalue weighted by atomic mass is 16.5. The molecule has 1 fully saturated rings. The van der Waals surface area contributed by atoms with Crippen molar-refractivity contribution in [3.63, 3.8) is 0 Å². The van der Waals surface area contributed by atoms with Gasteiger partial charge in [-0.2, -0.15) is 0 Å². The summed E-state index contributed by atoms with van der Waals surface area (Å²) in [7, 11) is 1.55. The number of benzene rings is 1. The molecule has 1 aromatic rings. The fraction of sp³-hybridized carbons (Fsp3) is 0.357. The van der Waals surface area contributed by atoms with E-state index in [1.807, 2.05) is 30.3 Å². The second kappa shape index (κ2) is 6.25. The SMILES string of the molecule is CC(=O)N[C@H]1[C@@H](NC(=O)OCc2ccccc2)C(=O)N1C. The van der Waals surface area contributed by atoms with Crippen molar-refractivity contribution in [2.24, 2.45) is 0 Å². The van der Waals surface area contributed by atoms with Gasteiger partial charge in [-0.1, -0.05) is 30.3 Å². The lowest BCUT2D eigenvalue weighted by atomic mass is 10.0. The molecular formula is C14H17N3O4. The van der Waals surface area contributed by atoms with E-state index in [1.165, 1.54) is 11.8 Å². The number of nitrogens with one attached hydrogen (secondary N) is 2. The van der Waals surface area contributed by atoms with Crippen LogP contribution in [0.3, 0.4) is 0 Å². The molecule has 1 aromatic carbocycles. The molecule has 7 heteroatoms. The summed E-state index contributed by atoms with van der Waals surface area (Å²) in [6, 6.07) is 8.42. The molecule has 2 atom stereocenters. The number of likely N-dealkylation sites (N-methyl/N-ethyl adjacent to an activating group) is 1. The van der Waals surface area contributed by atoms with E-state index in [1.54, 1.807) is 7.05 Å². The van der Waals surface area contributed by atoms with Crippen LogP contribution < -0.4 is 10.6 Å². The standard InChI is InChI=1S/C14H17N3O4/c1-9(18)15-12-11(13(19)17(12)2)16-14(20)21-8-10-6-4-3-5-7-10/h3-7,11-12H,8H2,1-2H3,(H,15,18)(H,16,20)/t11-,12-/m1/s1. The van der Waals surface area contributed by atoms with Gasteiger partial charge in [0.2, 0.25) is 5.91 Å². The highest BCUT2D eigenvalue weighted by molar-refractivity contribution is 5.93. The van der Waals surface area contributed by atoms with E-state index in [0.29, 0.717) is 0 Å². The fourth-order valence-electron chi connectivity index (χ4n) is 2.05. The van der Waals surface area contributed by atoms with E-state index in [2.05, 4.69) is 10.6 Å². The number of rotatable bonds is 4. The van der Waals surface area contributed by atoms with Crippen LogP contribution in [0.1, 0.15) is 12.5 Å². The van der Waals surface area contributed by atoms with Gasteiger partial charge < -0.3 is 20.3 Å². The van der Waals surface area contributed by atoms with E-state index in [-0.39, 0.29) is 18.4 Å². The summed E-state index contributed by atoms with van der Waals surface area (Å²) in [5.41, 5.74) is 0.850. The average Bonchev–Trinajstić information content (AvgIpc) is 2.49. The Balaban J connectivity index is 1.84. The number of ether oxygens (including phenoxy) is 1. The van der Waals surface area contributed by atoms with Crippen LogP contribution in [-0.4, -0.2) is 42.1 Å². The van der Waals surface area contributed by atoms with Gasteiger partial charge >= 0.3 is 6.09 Å². The summed E-state index contributed by atoms with van der Waals surface area (Å²) in [5, 5.41) is 5.04. The minimum atomic E-state index is -0.790. The van der Waals surface area contributed by atoms with Crippen LogP contribution in [0.5, 0.6) is 0 Å². The Kier molecular flexibility index (Phi) is 4.42. The third kappa shape index (κ3) is 3.50. The number of nitrogens with zero attached hydrogens (tertiary/aromatic N) is 1. The Labute approximate surface area is 122 Å². The number of carbonyl (C=O) groups is 3. The molecule has 21 heavy (non-hydrogen) atoms. The second-order valence-electron chi connectivity index (χ2n) is 4.78. The minimum Gasteiger partial charge on any atom is -0.445 e. The van der Waals surface area contributed by atoms with Crippen LogP contribution in [0.4, 0.5) is 4.79 Å². The zero-order valence-corrected chi connectivity index (χ0v) is 11.8. The number of hydrogen-bond acceptors (Lipinski definition) is 4. The zero-order chi connectivity index (χ0) is 15.4. The quantitative estimate of drug-likeness (QED) is 0.777. The average molecular weight is 291 g/mol. The number of β-lactam (4-membered cyclic amide) rings is 1. The first kappa shape index (κ1) is 14.8. The van der Waals surface area contributed by atoms with E-state index in [9.17, 15) is 14.4 Å². The van der Waals surface area contributed by atoms with Gasteiger partial charge in [0, 0.05) is 14.0 Å². The topological polar surface area (TPSA) is 87.7 Å². The molecule has 0 radical (unpaired) electrons. The molecule has 0 saturated carbocycles. The van der Waals surface area contributed by atoms with Crippen molar-refractivity contribution in [1.82, 2.24) is 15.5 Å². The molecule has 0 bridgehead atoms. The lowest BCUT2D eigenvalue weighted by Crippen LogP contribution is -2.74. The molecular weight excluding hydrogens is 274 g/mol. The summed E-state index contributed by atoms with van der Waals surface area (Å²) >= 11 is 0. The maximum Gasteiger partial charge on any atom is 0.408 e. The molecule has 0 aliphatic carbocycles. The van der Waals surface area contributed by atoms with E-state index < -0.39 is 18.3 Å². The lowest BCUT2D eigenvalue weighted by molar-refractivity contribution is -0.151. The number of carbonyl (C=O) groups excluding carboxylic acids is 3. The van der Waals surface area contributed by atoms with Crippen molar-refractivity contribution in [2.45, 2.75) is 25.7 Å². The first-order valence-corrected chi connectivity index (χ1v) is 6.50. The molecule has 7 nitrogen and oxygen atoms in total. The van der Waals surface area contributed by atoms with Crippen LogP contribution in [0.25, 0.3) is 0 Å². The number of amides is 3. The normalized spacial score (nSPS) is 20.5. The summed E-state index contributed by atoms with van der Waals surface area (Å²) in [4.78, 5) is 35.8. The van der Waals surface area contributed by atoms with Crippen LogP contribution in [0.15, 0.2) is 30.3 Å². The van der Waals surface area contributed by atoms with Crippen molar-refractivity contribution < 1.29 is 19.1 Å². The molecule has 2 N–H and O–H groups in total. The maximum atomic E-state index is 11.7. The zero-order valence-electron chi connectivity index (χ0n) is 11.8. The fourth-order valence-corrected chi connectivity index (χ4v) is 2.05. The van der Waals surface area contributed by atoms with Crippen LogP contribution in [0, 0.1) is 0 Å². The summed E-state index contributed by atoms with van der Waals surface area (Å²) in [6.07, 6.45) is -1.24. The van der Waals surface area contributed by atoms with Gasteiger partial charge in [0.25, 0.3) is 5.91 Å². The first-order valence-electron chi connectivity index (χ1n) is 6.50. The van der Waals surface area contributed by atoms with Crippen molar-refractivity contribution in [3.8, 4) is 0 Å². The van der Waals surface area contributed by atoms with Gasteiger partial charge in [-0.25, -0.2) is 4.79 Å². The second-order valence-corrected chi connectivity index (χ2v) is 4.78. The number of hydrogen-bond donors (Lipinski definition) is 2. The number of alkyl carbamates (subject to hydrolysis) is 1. The maximum absolute atomic E-state index is 11.7. The molecule has 2 rings (SSSR count). The monoisotopic (exact) mass is 291 g/mol. The molecule has 0 spiro atoms. The van der Waals surface area contributed by atoms with Gasteiger partial charge in [-0.05, 0) is 5.56 Å². The first-order chi connectivity index (χ1) is 9.99. The number of likely N-dealkylation sites (tertiary alicyclic amines) is 1. The van der Waals surface area contributed by atoms with Gasteiger partial charge in [-0.15, -0.1) is 0 Å². The third-order valence-corrected chi connectivity index (χ3v) is 3.18. The predicted molar refractivity (Wildman–Crippen MR) is 73.9 cm³/mol. The highest BCUT2D eigenvalue weighted by Gasteiger charge is 2.46. The Morgan fingerprint density at radius 2 is 1.90 bits per heavy atom. The van der Waals surface area contributed by atoms with Crippen molar-refractivity contribution >= 4 is 17.9 Å². The van der Waals surface area contributed by atoms with Gasteiger partial charge in [0.05, 0.1) is 0 Å². The van der Waals surface area contributed by atoms with Gasteiger partial charge in [0.15, 0.2) is 0 Å². The van der Waals surface area contributed by atoms with E-state index in [4.69, 9.17) is 4.74 Å². The molecule has 3 amide bonds. The molecule has 112 valence electrons. The van der Waals surface area contributed by atoms with Gasteiger partial charge in [-0.3, -0.25) is 9.59 Å².